The van der Waals surface area contributed by atoms with Crippen molar-refractivity contribution in [2.45, 2.75) is 33.4 Å². The summed E-state index contributed by atoms with van der Waals surface area (Å²) in [6.45, 7) is 11.9. The molecule has 1 fully saturated rings. The third-order valence-corrected chi connectivity index (χ3v) is 4.83. The number of benzene rings is 1. The summed E-state index contributed by atoms with van der Waals surface area (Å²) in [6.07, 6.45) is 0. The molecule has 1 aliphatic heterocycles. The van der Waals surface area contributed by atoms with Gasteiger partial charge in [0.05, 0.1) is 6.04 Å². The van der Waals surface area contributed by atoms with Crippen LogP contribution in [-0.4, -0.2) is 66.4 Å². The maximum absolute atomic E-state index is 12.7. The predicted molar refractivity (Wildman–Crippen MR) is 90.8 cm³/mol. The number of carbonyl (C=O) groups excluding carboxylic acids is 1. The van der Waals surface area contributed by atoms with Gasteiger partial charge in [-0.1, -0.05) is 31.2 Å². The molecular formula is C18H29N3O. The zero-order valence-corrected chi connectivity index (χ0v) is 14.4. The summed E-state index contributed by atoms with van der Waals surface area (Å²) >= 11 is 0. The topological polar surface area (TPSA) is 26.8 Å². The quantitative estimate of drug-likeness (QED) is 0.832. The van der Waals surface area contributed by atoms with E-state index in [1.807, 2.05) is 18.9 Å². The molecule has 0 N–H and O–H groups in total. The summed E-state index contributed by atoms with van der Waals surface area (Å²) in [4.78, 5) is 19.2. The normalized spacial score (nSPS) is 17.8. The zero-order valence-electron chi connectivity index (χ0n) is 14.4. The molecule has 1 aromatic carbocycles. The lowest BCUT2D eigenvalue weighted by Gasteiger charge is -2.37. The van der Waals surface area contributed by atoms with Gasteiger partial charge in [0.25, 0.3) is 0 Å². The summed E-state index contributed by atoms with van der Waals surface area (Å²) in [5.74, 6) is 0.256. The Morgan fingerprint density at radius 2 is 1.86 bits per heavy atom. The highest BCUT2D eigenvalue weighted by Crippen LogP contribution is 2.13. The SMILES string of the molecule is CCN1CCN(C(=O)C(C)N(C)Cc2ccccc2C)CC1. The minimum atomic E-state index is -0.0761. The van der Waals surface area contributed by atoms with Crippen molar-refractivity contribution in [3.05, 3.63) is 35.4 Å². The van der Waals surface area contributed by atoms with Gasteiger partial charge < -0.3 is 9.80 Å². The van der Waals surface area contributed by atoms with Gasteiger partial charge in [-0.3, -0.25) is 9.69 Å². The highest BCUT2D eigenvalue weighted by atomic mass is 16.2. The molecular weight excluding hydrogens is 274 g/mol. The number of hydrogen-bond acceptors (Lipinski definition) is 3. The van der Waals surface area contributed by atoms with E-state index in [0.29, 0.717) is 0 Å². The van der Waals surface area contributed by atoms with Crippen LogP contribution in [0.15, 0.2) is 24.3 Å². The molecule has 0 aliphatic carbocycles. The van der Waals surface area contributed by atoms with Gasteiger partial charge in [0.1, 0.15) is 0 Å². The molecule has 1 unspecified atom stereocenters. The first kappa shape index (κ1) is 17.0. The van der Waals surface area contributed by atoms with Gasteiger partial charge in [-0.25, -0.2) is 0 Å². The Morgan fingerprint density at radius 3 is 2.45 bits per heavy atom. The lowest BCUT2D eigenvalue weighted by atomic mass is 10.1. The van der Waals surface area contributed by atoms with E-state index in [1.165, 1.54) is 11.1 Å². The molecule has 1 aliphatic rings. The number of rotatable bonds is 5. The highest BCUT2D eigenvalue weighted by Gasteiger charge is 2.26. The van der Waals surface area contributed by atoms with E-state index in [1.54, 1.807) is 0 Å². The molecule has 1 aromatic rings. The van der Waals surface area contributed by atoms with Crippen LogP contribution in [0.2, 0.25) is 0 Å². The van der Waals surface area contributed by atoms with Gasteiger partial charge in [0.2, 0.25) is 5.91 Å². The average Bonchev–Trinajstić information content (AvgIpc) is 2.55. The number of likely N-dealkylation sites (N-methyl/N-ethyl adjacent to an activating group) is 2. The fraction of sp³-hybridized carbons (Fsp3) is 0.611. The maximum atomic E-state index is 12.7. The number of hydrogen-bond donors (Lipinski definition) is 0. The monoisotopic (exact) mass is 303 g/mol. The Labute approximate surface area is 134 Å². The van der Waals surface area contributed by atoms with E-state index in [9.17, 15) is 4.79 Å². The third kappa shape index (κ3) is 4.08. The van der Waals surface area contributed by atoms with E-state index < -0.39 is 0 Å². The molecule has 0 spiro atoms. The third-order valence-electron chi connectivity index (χ3n) is 4.83. The first-order valence-electron chi connectivity index (χ1n) is 8.28. The molecule has 0 radical (unpaired) electrons. The van der Waals surface area contributed by atoms with E-state index in [-0.39, 0.29) is 11.9 Å². The highest BCUT2D eigenvalue weighted by molar-refractivity contribution is 5.81. The van der Waals surface area contributed by atoms with Crippen molar-refractivity contribution in [3.8, 4) is 0 Å². The molecule has 4 heteroatoms. The largest absolute Gasteiger partial charge is 0.339 e. The van der Waals surface area contributed by atoms with Crippen LogP contribution in [0.5, 0.6) is 0 Å². The van der Waals surface area contributed by atoms with Crippen LogP contribution in [0, 0.1) is 6.92 Å². The van der Waals surface area contributed by atoms with Crippen molar-refractivity contribution < 1.29 is 4.79 Å². The van der Waals surface area contributed by atoms with Crippen LogP contribution < -0.4 is 0 Å². The number of piperazine rings is 1. The molecule has 1 heterocycles. The van der Waals surface area contributed by atoms with Gasteiger partial charge in [0.15, 0.2) is 0 Å². The van der Waals surface area contributed by atoms with Crippen molar-refractivity contribution in [2.24, 2.45) is 0 Å². The first-order valence-corrected chi connectivity index (χ1v) is 8.28. The average molecular weight is 303 g/mol. The Bertz CT molecular complexity index is 495. The predicted octanol–water partition coefficient (Wildman–Crippen LogP) is 1.98. The van der Waals surface area contributed by atoms with E-state index in [2.05, 4.69) is 47.9 Å². The second-order valence-corrected chi connectivity index (χ2v) is 6.28. The lowest BCUT2D eigenvalue weighted by Crippen LogP contribution is -2.53. The molecule has 1 atom stereocenters. The molecule has 122 valence electrons. The Kier molecular flexibility index (Phi) is 5.98. The summed E-state index contributed by atoms with van der Waals surface area (Å²) < 4.78 is 0. The molecule has 4 nitrogen and oxygen atoms in total. The summed E-state index contributed by atoms with van der Waals surface area (Å²) in [5.41, 5.74) is 2.58. The standard InChI is InChI=1S/C18H29N3O/c1-5-20-10-12-21(13-11-20)18(22)16(3)19(4)14-17-9-7-6-8-15(17)2/h6-9,16H,5,10-14H2,1-4H3. The Hall–Kier alpha value is -1.39. The number of carbonyl (C=O) groups is 1. The van der Waals surface area contributed by atoms with Crippen LogP contribution in [0.3, 0.4) is 0 Å². The molecule has 0 aromatic heterocycles. The number of amides is 1. The smallest absolute Gasteiger partial charge is 0.239 e. The molecule has 22 heavy (non-hydrogen) atoms. The van der Waals surface area contributed by atoms with E-state index in [4.69, 9.17) is 0 Å². The summed E-state index contributed by atoms with van der Waals surface area (Å²) in [5, 5.41) is 0. The lowest BCUT2D eigenvalue weighted by molar-refractivity contribution is -0.137. The zero-order chi connectivity index (χ0) is 16.1. The fourth-order valence-corrected chi connectivity index (χ4v) is 2.93. The molecule has 2 rings (SSSR count). The molecule has 0 bridgehead atoms. The maximum Gasteiger partial charge on any atom is 0.239 e. The Balaban J connectivity index is 1.91. The molecule has 1 amide bonds. The first-order chi connectivity index (χ1) is 10.5. The molecule has 0 saturated carbocycles. The van der Waals surface area contributed by atoms with Gasteiger partial charge in [0, 0.05) is 32.7 Å². The van der Waals surface area contributed by atoms with Gasteiger partial charge in [-0.15, -0.1) is 0 Å². The van der Waals surface area contributed by atoms with Gasteiger partial charge in [-0.2, -0.15) is 0 Å². The van der Waals surface area contributed by atoms with Crippen molar-refractivity contribution >= 4 is 5.91 Å². The fourth-order valence-electron chi connectivity index (χ4n) is 2.93. The Morgan fingerprint density at radius 1 is 1.23 bits per heavy atom. The molecule has 1 saturated heterocycles. The van der Waals surface area contributed by atoms with Crippen molar-refractivity contribution in [3.63, 3.8) is 0 Å². The van der Waals surface area contributed by atoms with E-state index in [0.717, 1.165) is 39.3 Å². The number of aryl methyl sites for hydroxylation is 1. The summed E-state index contributed by atoms with van der Waals surface area (Å²) in [6, 6.07) is 8.31. The van der Waals surface area contributed by atoms with Crippen LogP contribution in [0.4, 0.5) is 0 Å². The van der Waals surface area contributed by atoms with Crippen LogP contribution >= 0.6 is 0 Å². The van der Waals surface area contributed by atoms with Crippen LogP contribution in [0.1, 0.15) is 25.0 Å². The second kappa shape index (κ2) is 7.75. The van der Waals surface area contributed by atoms with Crippen molar-refractivity contribution in [2.75, 3.05) is 39.8 Å². The van der Waals surface area contributed by atoms with Gasteiger partial charge >= 0.3 is 0 Å². The minimum Gasteiger partial charge on any atom is -0.339 e. The van der Waals surface area contributed by atoms with Crippen molar-refractivity contribution in [1.29, 1.82) is 0 Å². The van der Waals surface area contributed by atoms with Crippen LogP contribution in [0.25, 0.3) is 0 Å². The number of nitrogens with zero attached hydrogens (tertiary/aromatic N) is 3. The van der Waals surface area contributed by atoms with Crippen molar-refractivity contribution in [1.82, 2.24) is 14.7 Å². The van der Waals surface area contributed by atoms with E-state index >= 15 is 0 Å². The minimum absolute atomic E-state index is 0.0761. The van der Waals surface area contributed by atoms with Gasteiger partial charge in [-0.05, 0) is 38.6 Å². The van der Waals surface area contributed by atoms with Crippen LogP contribution in [-0.2, 0) is 11.3 Å². The summed E-state index contributed by atoms with van der Waals surface area (Å²) in [7, 11) is 2.04. The second-order valence-electron chi connectivity index (χ2n) is 6.28.